The minimum atomic E-state index is -0.669. The summed E-state index contributed by atoms with van der Waals surface area (Å²) in [6, 6.07) is 16.7. The number of carbonyl (C=O) groups excluding carboxylic acids is 2. The van der Waals surface area contributed by atoms with Crippen molar-refractivity contribution < 1.29 is 14.3 Å². The van der Waals surface area contributed by atoms with Crippen LogP contribution in [0.3, 0.4) is 0 Å². The molecule has 0 spiro atoms. The molecule has 0 saturated carbocycles. The van der Waals surface area contributed by atoms with E-state index >= 15 is 0 Å². The molecule has 0 unspecified atom stereocenters. The number of hydrazine groups is 2. The highest BCUT2D eigenvalue weighted by molar-refractivity contribution is 5.99. The van der Waals surface area contributed by atoms with E-state index in [0.29, 0.717) is 6.42 Å². The Morgan fingerprint density at radius 3 is 2.40 bits per heavy atom. The number of carbonyl (C=O) groups is 2. The lowest BCUT2D eigenvalue weighted by molar-refractivity contribution is -0.145. The average molecular weight is 410 g/mol. The van der Waals surface area contributed by atoms with Gasteiger partial charge in [0.25, 0.3) is 0 Å². The van der Waals surface area contributed by atoms with E-state index in [1.807, 2.05) is 54.6 Å². The molecular weight excluding hydrogens is 384 g/mol. The Morgan fingerprint density at radius 1 is 1.07 bits per heavy atom. The molecule has 30 heavy (non-hydrogen) atoms. The van der Waals surface area contributed by atoms with Gasteiger partial charge in [0.1, 0.15) is 6.04 Å². The van der Waals surface area contributed by atoms with Crippen molar-refractivity contribution in [3.8, 4) is 11.1 Å². The molecule has 2 aromatic carbocycles. The summed E-state index contributed by atoms with van der Waals surface area (Å²) in [4.78, 5) is 24.8. The Hall–Kier alpha value is -3.43. The fourth-order valence-corrected chi connectivity index (χ4v) is 3.03. The van der Waals surface area contributed by atoms with Gasteiger partial charge in [-0.05, 0) is 37.0 Å². The van der Waals surface area contributed by atoms with Crippen LogP contribution in [0.4, 0.5) is 0 Å². The van der Waals surface area contributed by atoms with Crippen molar-refractivity contribution in [1.29, 1.82) is 0 Å². The number of ether oxygens (including phenoxy) is 1. The highest BCUT2D eigenvalue weighted by Gasteiger charge is 2.26. The summed E-state index contributed by atoms with van der Waals surface area (Å²) in [6.45, 7) is 3.69. The lowest BCUT2D eigenvalue weighted by atomic mass is 10.00. The Balaban J connectivity index is 1.72. The maximum Gasteiger partial charge on any atom is 0.322 e. The Bertz CT molecular complexity index is 885. The number of nitrogens with one attached hydrogen (secondary N) is 5. The Labute approximate surface area is 175 Å². The molecule has 9 nitrogen and oxygen atoms in total. The van der Waals surface area contributed by atoms with Gasteiger partial charge >= 0.3 is 5.97 Å². The van der Waals surface area contributed by atoms with Crippen molar-refractivity contribution in [3.63, 3.8) is 0 Å². The van der Waals surface area contributed by atoms with Crippen molar-refractivity contribution >= 4 is 17.8 Å². The zero-order valence-electron chi connectivity index (χ0n) is 16.9. The second kappa shape index (κ2) is 10.4. The molecule has 0 aliphatic carbocycles. The maximum atomic E-state index is 12.8. The van der Waals surface area contributed by atoms with Crippen molar-refractivity contribution in [2.75, 3.05) is 6.61 Å². The number of guanidine groups is 1. The zero-order valence-corrected chi connectivity index (χ0v) is 16.9. The minimum Gasteiger partial charge on any atom is -0.465 e. The first kappa shape index (κ1) is 21.3. The zero-order chi connectivity index (χ0) is 21.3. The first-order chi connectivity index (χ1) is 14.6. The number of hydrogen-bond donors (Lipinski definition) is 5. The van der Waals surface area contributed by atoms with Gasteiger partial charge in [-0.25, -0.2) is 5.53 Å². The number of esters is 1. The molecule has 9 heteroatoms. The quantitative estimate of drug-likeness (QED) is 0.409. The lowest BCUT2D eigenvalue weighted by Crippen LogP contribution is -2.54. The Morgan fingerprint density at radius 2 is 1.77 bits per heavy atom. The number of hydrogen-bond acceptors (Lipinski definition) is 8. The molecule has 0 fully saturated rings. The highest BCUT2D eigenvalue weighted by atomic mass is 16.5. The van der Waals surface area contributed by atoms with Gasteiger partial charge in [-0.3, -0.25) is 25.6 Å². The second-order valence-electron chi connectivity index (χ2n) is 6.77. The molecular formula is C21H26N6O3. The smallest absolute Gasteiger partial charge is 0.322 e. The maximum absolute atomic E-state index is 12.8. The lowest BCUT2D eigenvalue weighted by Gasteiger charge is -2.22. The first-order valence-corrected chi connectivity index (χ1v) is 9.78. The molecule has 2 aromatic rings. The van der Waals surface area contributed by atoms with Crippen LogP contribution in [0.25, 0.3) is 11.1 Å². The van der Waals surface area contributed by atoms with Crippen molar-refractivity contribution in [1.82, 2.24) is 27.1 Å². The minimum absolute atomic E-state index is 0.245. The fraction of sp³-hybridized carbons (Fsp3) is 0.286. The van der Waals surface area contributed by atoms with Crippen LogP contribution in [0, 0.1) is 0 Å². The second-order valence-corrected chi connectivity index (χ2v) is 6.77. The monoisotopic (exact) mass is 410 g/mol. The summed E-state index contributed by atoms with van der Waals surface area (Å²) in [5, 5.41) is 9.58. The van der Waals surface area contributed by atoms with Crippen LogP contribution in [0.2, 0.25) is 0 Å². The van der Waals surface area contributed by atoms with Crippen molar-refractivity contribution in [2.24, 2.45) is 5.10 Å². The molecule has 1 aliphatic heterocycles. The highest BCUT2D eigenvalue weighted by Crippen LogP contribution is 2.19. The molecule has 1 amide bonds. The van der Waals surface area contributed by atoms with Gasteiger partial charge in [0.2, 0.25) is 11.9 Å². The normalized spacial score (nSPS) is 14.7. The third-order valence-electron chi connectivity index (χ3n) is 4.55. The largest absolute Gasteiger partial charge is 0.465 e. The standard InChI is InChI=1S/C21H26N6O3/c1-3-30-20(29)14(2)22-18(19(28)23-21-24-26-27-25-21)13-15-9-11-17(12-10-15)16-7-5-4-6-8-16/h4-12,14,18,22,26-27H,3,13H2,1-2H3,(H2,23,24,25,28)/t14-,18-/m0/s1. The van der Waals surface area contributed by atoms with E-state index in [-0.39, 0.29) is 18.5 Å². The number of amides is 1. The summed E-state index contributed by atoms with van der Waals surface area (Å²) in [7, 11) is 0. The van der Waals surface area contributed by atoms with Gasteiger partial charge in [0.05, 0.1) is 12.6 Å². The summed E-state index contributed by atoms with van der Waals surface area (Å²) in [6.07, 6.45) is 0.388. The summed E-state index contributed by atoms with van der Waals surface area (Å²) >= 11 is 0. The summed E-state index contributed by atoms with van der Waals surface area (Å²) in [5.74, 6) is -0.487. The van der Waals surface area contributed by atoms with Crippen LogP contribution in [-0.4, -0.2) is 36.5 Å². The molecule has 1 heterocycles. The van der Waals surface area contributed by atoms with Crippen LogP contribution in [0.1, 0.15) is 19.4 Å². The van der Waals surface area contributed by atoms with Gasteiger partial charge in [0.15, 0.2) is 0 Å². The van der Waals surface area contributed by atoms with Crippen LogP contribution in [-0.2, 0) is 20.7 Å². The van der Waals surface area contributed by atoms with Gasteiger partial charge < -0.3 is 4.74 Å². The molecule has 3 rings (SSSR count). The summed E-state index contributed by atoms with van der Waals surface area (Å²) in [5.41, 5.74) is 10.9. The third kappa shape index (κ3) is 5.79. The molecule has 158 valence electrons. The van der Waals surface area contributed by atoms with Gasteiger partial charge in [-0.1, -0.05) is 54.6 Å². The van der Waals surface area contributed by atoms with E-state index in [1.54, 1.807) is 13.8 Å². The predicted molar refractivity (Wildman–Crippen MR) is 114 cm³/mol. The average Bonchev–Trinajstić information content (AvgIpc) is 3.27. The number of hydrazone groups is 1. The molecule has 1 aliphatic rings. The predicted octanol–water partition coefficient (Wildman–Crippen LogP) is 0.806. The SMILES string of the molecule is CCOC(=O)[C@H](C)N[C@@H](Cc1ccc(-c2ccccc2)cc1)C(=O)NC1=NNNN1. The Kier molecular flexibility index (Phi) is 7.36. The van der Waals surface area contributed by atoms with Crippen molar-refractivity contribution in [3.05, 3.63) is 60.2 Å². The van der Waals surface area contributed by atoms with Gasteiger partial charge in [-0.2, -0.15) is 0 Å². The molecule has 2 atom stereocenters. The van der Waals surface area contributed by atoms with Crippen LogP contribution in [0.15, 0.2) is 59.7 Å². The number of nitrogens with zero attached hydrogens (tertiary/aromatic N) is 1. The van der Waals surface area contributed by atoms with Gasteiger partial charge in [-0.15, -0.1) is 10.6 Å². The molecule has 0 radical (unpaired) electrons. The first-order valence-electron chi connectivity index (χ1n) is 9.78. The molecule has 0 aromatic heterocycles. The van der Waals surface area contributed by atoms with Gasteiger partial charge in [0, 0.05) is 0 Å². The van der Waals surface area contributed by atoms with Crippen LogP contribution in [0.5, 0.6) is 0 Å². The topological polar surface area (TPSA) is 116 Å². The van der Waals surface area contributed by atoms with E-state index in [4.69, 9.17) is 4.74 Å². The van der Waals surface area contributed by atoms with E-state index in [0.717, 1.165) is 16.7 Å². The van der Waals surface area contributed by atoms with E-state index in [1.165, 1.54) is 0 Å². The van der Waals surface area contributed by atoms with Crippen LogP contribution < -0.4 is 27.1 Å². The van der Waals surface area contributed by atoms with E-state index in [2.05, 4.69) is 32.2 Å². The van der Waals surface area contributed by atoms with E-state index in [9.17, 15) is 9.59 Å². The number of rotatable bonds is 8. The third-order valence-corrected chi connectivity index (χ3v) is 4.55. The van der Waals surface area contributed by atoms with Crippen molar-refractivity contribution in [2.45, 2.75) is 32.4 Å². The summed E-state index contributed by atoms with van der Waals surface area (Å²) < 4.78 is 5.04. The molecule has 0 bridgehead atoms. The molecule has 5 N–H and O–H groups in total. The van der Waals surface area contributed by atoms with Crippen LogP contribution >= 0.6 is 0 Å². The molecule has 0 saturated heterocycles. The van der Waals surface area contributed by atoms with E-state index < -0.39 is 18.1 Å². The fourth-order valence-electron chi connectivity index (χ4n) is 3.03. The number of benzene rings is 2.